The van der Waals surface area contributed by atoms with Crippen LogP contribution < -0.4 is 11.1 Å². The molecule has 0 unspecified atom stereocenters. The zero-order chi connectivity index (χ0) is 13.8. The SMILES string of the molecule is CC(=O)c1ccc(NCc2cccc(C)n2)cc1N. The number of nitrogens with one attached hydrogen (secondary N) is 1. The van der Waals surface area contributed by atoms with Gasteiger partial charge in [0.05, 0.1) is 12.2 Å². The van der Waals surface area contributed by atoms with Gasteiger partial charge in [-0.3, -0.25) is 9.78 Å². The fourth-order valence-electron chi connectivity index (χ4n) is 1.88. The van der Waals surface area contributed by atoms with Crippen molar-refractivity contribution in [2.45, 2.75) is 20.4 Å². The number of aryl methyl sites for hydroxylation is 1. The van der Waals surface area contributed by atoms with Crippen molar-refractivity contribution >= 4 is 17.2 Å². The van der Waals surface area contributed by atoms with E-state index >= 15 is 0 Å². The summed E-state index contributed by atoms with van der Waals surface area (Å²) in [4.78, 5) is 15.7. The van der Waals surface area contributed by atoms with E-state index in [1.54, 1.807) is 12.1 Å². The normalized spacial score (nSPS) is 10.2. The Morgan fingerprint density at radius 2 is 2.11 bits per heavy atom. The van der Waals surface area contributed by atoms with E-state index in [2.05, 4.69) is 10.3 Å². The quantitative estimate of drug-likeness (QED) is 0.651. The minimum atomic E-state index is -0.0237. The lowest BCUT2D eigenvalue weighted by Gasteiger charge is -2.09. The summed E-state index contributed by atoms with van der Waals surface area (Å²) in [5.74, 6) is -0.0237. The molecule has 0 aliphatic heterocycles. The number of benzene rings is 1. The van der Waals surface area contributed by atoms with Gasteiger partial charge < -0.3 is 11.1 Å². The average Bonchev–Trinajstić information content (AvgIpc) is 2.36. The molecule has 0 radical (unpaired) electrons. The molecule has 0 fully saturated rings. The van der Waals surface area contributed by atoms with Crippen molar-refractivity contribution in [2.24, 2.45) is 0 Å². The van der Waals surface area contributed by atoms with Crippen molar-refractivity contribution in [1.82, 2.24) is 4.98 Å². The first-order valence-electron chi connectivity index (χ1n) is 6.13. The molecular weight excluding hydrogens is 238 g/mol. The molecule has 0 aliphatic carbocycles. The monoisotopic (exact) mass is 255 g/mol. The van der Waals surface area contributed by atoms with Gasteiger partial charge in [0.25, 0.3) is 0 Å². The van der Waals surface area contributed by atoms with Gasteiger partial charge in [-0.15, -0.1) is 0 Å². The Balaban J connectivity index is 2.08. The maximum atomic E-state index is 11.3. The lowest BCUT2D eigenvalue weighted by atomic mass is 10.1. The van der Waals surface area contributed by atoms with Crippen LogP contribution in [0.2, 0.25) is 0 Å². The van der Waals surface area contributed by atoms with Gasteiger partial charge in [0.2, 0.25) is 0 Å². The lowest BCUT2D eigenvalue weighted by Crippen LogP contribution is -2.04. The molecule has 2 aromatic rings. The molecule has 1 aromatic heterocycles. The summed E-state index contributed by atoms with van der Waals surface area (Å²) >= 11 is 0. The number of carbonyl (C=O) groups is 1. The molecule has 0 saturated carbocycles. The minimum Gasteiger partial charge on any atom is -0.398 e. The zero-order valence-corrected chi connectivity index (χ0v) is 11.1. The number of ketones is 1. The number of nitrogen functional groups attached to an aromatic ring is 1. The molecular formula is C15H17N3O. The van der Waals surface area contributed by atoms with Crippen molar-refractivity contribution in [3.8, 4) is 0 Å². The second kappa shape index (κ2) is 5.52. The number of nitrogens with two attached hydrogens (primary N) is 1. The molecule has 0 spiro atoms. The van der Waals surface area contributed by atoms with Gasteiger partial charge in [-0.1, -0.05) is 6.07 Å². The van der Waals surface area contributed by atoms with Gasteiger partial charge >= 0.3 is 0 Å². The van der Waals surface area contributed by atoms with E-state index in [0.29, 0.717) is 17.8 Å². The van der Waals surface area contributed by atoms with Gasteiger partial charge in [-0.05, 0) is 44.2 Å². The first kappa shape index (κ1) is 13.1. The first-order valence-corrected chi connectivity index (χ1v) is 6.13. The fourth-order valence-corrected chi connectivity index (χ4v) is 1.88. The van der Waals surface area contributed by atoms with Crippen LogP contribution in [0.4, 0.5) is 11.4 Å². The van der Waals surface area contributed by atoms with Gasteiger partial charge in [0.15, 0.2) is 5.78 Å². The molecule has 3 N–H and O–H groups in total. The van der Waals surface area contributed by atoms with Crippen LogP contribution in [0.1, 0.15) is 28.7 Å². The molecule has 0 amide bonds. The molecule has 19 heavy (non-hydrogen) atoms. The van der Waals surface area contributed by atoms with Crippen LogP contribution in [0.25, 0.3) is 0 Å². The number of pyridine rings is 1. The van der Waals surface area contributed by atoms with Crippen molar-refractivity contribution < 1.29 is 4.79 Å². The molecule has 0 aliphatic rings. The van der Waals surface area contributed by atoms with E-state index in [1.807, 2.05) is 31.2 Å². The van der Waals surface area contributed by atoms with Gasteiger partial charge in [0.1, 0.15) is 0 Å². The highest BCUT2D eigenvalue weighted by Gasteiger charge is 2.05. The molecule has 0 atom stereocenters. The highest BCUT2D eigenvalue weighted by atomic mass is 16.1. The van der Waals surface area contributed by atoms with Crippen LogP contribution in [-0.2, 0) is 6.54 Å². The van der Waals surface area contributed by atoms with Crippen LogP contribution in [-0.4, -0.2) is 10.8 Å². The van der Waals surface area contributed by atoms with E-state index in [9.17, 15) is 4.79 Å². The maximum absolute atomic E-state index is 11.3. The lowest BCUT2D eigenvalue weighted by molar-refractivity contribution is 0.101. The summed E-state index contributed by atoms with van der Waals surface area (Å²) in [5.41, 5.74) is 9.73. The standard InChI is InChI=1S/C15H17N3O/c1-10-4-3-5-13(18-10)9-17-12-6-7-14(11(2)19)15(16)8-12/h3-8,17H,9,16H2,1-2H3. The molecule has 4 heteroatoms. The van der Waals surface area contributed by atoms with E-state index in [4.69, 9.17) is 5.73 Å². The van der Waals surface area contributed by atoms with E-state index in [-0.39, 0.29) is 5.78 Å². The van der Waals surface area contributed by atoms with Crippen LogP contribution in [0.5, 0.6) is 0 Å². The highest BCUT2D eigenvalue weighted by Crippen LogP contribution is 2.19. The van der Waals surface area contributed by atoms with E-state index in [0.717, 1.165) is 17.1 Å². The maximum Gasteiger partial charge on any atom is 0.161 e. The molecule has 4 nitrogen and oxygen atoms in total. The summed E-state index contributed by atoms with van der Waals surface area (Å²) in [5, 5.41) is 3.24. The number of hydrogen-bond donors (Lipinski definition) is 2. The number of Topliss-reactive ketones (excluding diaryl/α,β-unsaturated/α-hetero) is 1. The Kier molecular flexibility index (Phi) is 3.80. The van der Waals surface area contributed by atoms with Crippen molar-refractivity contribution in [3.63, 3.8) is 0 Å². The van der Waals surface area contributed by atoms with Gasteiger partial charge in [-0.25, -0.2) is 0 Å². The molecule has 2 rings (SSSR count). The number of anilines is 2. The second-order valence-corrected chi connectivity index (χ2v) is 4.48. The van der Waals surface area contributed by atoms with E-state index < -0.39 is 0 Å². The van der Waals surface area contributed by atoms with Crippen LogP contribution in [0.3, 0.4) is 0 Å². The predicted octanol–water partition coefficient (Wildman–Crippen LogP) is 2.79. The first-order chi connectivity index (χ1) is 9.06. The Labute approximate surface area is 112 Å². The van der Waals surface area contributed by atoms with Crippen molar-refractivity contribution in [3.05, 3.63) is 53.3 Å². The predicted molar refractivity (Wildman–Crippen MR) is 77.2 cm³/mol. The summed E-state index contributed by atoms with van der Waals surface area (Å²) in [6.07, 6.45) is 0. The Morgan fingerprint density at radius 3 is 2.74 bits per heavy atom. The molecule has 0 saturated heterocycles. The van der Waals surface area contributed by atoms with Crippen molar-refractivity contribution in [1.29, 1.82) is 0 Å². The Bertz CT molecular complexity index is 608. The summed E-state index contributed by atoms with van der Waals surface area (Å²) in [6, 6.07) is 11.3. The summed E-state index contributed by atoms with van der Waals surface area (Å²) in [7, 11) is 0. The fraction of sp³-hybridized carbons (Fsp3) is 0.200. The third-order valence-corrected chi connectivity index (χ3v) is 2.85. The number of nitrogens with zero attached hydrogens (tertiary/aromatic N) is 1. The van der Waals surface area contributed by atoms with Gasteiger partial charge in [0, 0.05) is 22.6 Å². The van der Waals surface area contributed by atoms with Crippen LogP contribution in [0.15, 0.2) is 36.4 Å². The molecule has 1 heterocycles. The third kappa shape index (κ3) is 3.31. The third-order valence-electron chi connectivity index (χ3n) is 2.85. The number of rotatable bonds is 4. The number of hydrogen-bond acceptors (Lipinski definition) is 4. The molecule has 0 bridgehead atoms. The molecule has 98 valence electrons. The average molecular weight is 255 g/mol. The molecule has 1 aromatic carbocycles. The Hall–Kier alpha value is -2.36. The number of aromatic nitrogens is 1. The second-order valence-electron chi connectivity index (χ2n) is 4.48. The minimum absolute atomic E-state index is 0.0237. The smallest absolute Gasteiger partial charge is 0.161 e. The summed E-state index contributed by atoms with van der Waals surface area (Å²) in [6.45, 7) is 4.10. The van der Waals surface area contributed by atoms with Crippen molar-refractivity contribution in [2.75, 3.05) is 11.1 Å². The Morgan fingerprint density at radius 1 is 1.32 bits per heavy atom. The largest absolute Gasteiger partial charge is 0.398 e. The van der Waals surface area contributed by atoms with E-state index in [1.165, 1.54) is 6.92 Å². The highest BCUT2D eigenvalue weighted by molar-refractivity contribution is 5.99. The van der Waals surface area contributed by atoms with Crippen LogP contribution in [0, 0.1) is 6.92 Å². The zero-order valence-electron chi connectivity index (χ0n) is 11.1. The topological polar surface area (TPSA) is 68.0 Å². The number of carbonyl (C=O) groups excluding carboxylic acids is 1. The van der Waals surface area contributed by atoms with Gasteiger partial charge in [-0.2, -0.15) is 0 Å². The van der Waals surface area contributed by atoms with Crippen LogP contribution >= 0.6 is 0 Å². The summed E-state index contributed by atoms with van der Waals surface area (Å²) < 4.78 is 0.